The molecule has 24 heavy (non-hydrogen) atoms. The SMILES string of the molecule is CCCCCCCCCCCC[N+](C)(C)C=CCc1ccccc1. The van der Waals surface area contributed by atoms with E-state index in [1.807, 2.05) is 0 Å². The van der Waals surface area contributed by atoms with E-state index in [-0.39, 0.29) is 0 Å². The van der Waals surface area contributed by atoms with E-state index in [1.54, 1.807) is 0 Å². The first-order valence-corrected chi connectivity index (χ1v) is 10.2. The first-order valence-electron chi connectivity index (χ1n) is 10.2. The van der Waals surface area contributed by atoms with Gasteiger partial charge < -0.3 is 4.48 Å². The third-order valence-corrected chi connectivity index (χ3v) is 4.79. The van der Waals surface area contributed by atoms with Crippen molar-refractivity contribution >= 4 is 0 Å². The maximum atomic E-state index is 2.36. The van der Waals surface area contributed by atoms with E-state index in [2.05, 4.69) is 63.6 Å². The van der Waals surface area contributed by atoms with Crippen LogP contribution in [0.2, 0.25) is 0 Å². The second kappa shape index (κ2) is 13.2. The smallest absolute Gasteiger partial charge is 0.0917 e. The molecule has 136 valence electrons. The number of hydrogen-bond acceptors (Lipinski definition) is 0. The van der Waals surface area contributed by atoms with Crippen molar-refractivity contribution in [3.8, 4) is 0 Å². The molecule has 0 aliphatic rings. The Morgan fingerprint density at radius 3 is 1.88 bits per heavy atom. The topological polar surface area (TPSA) is 0 Å². The Hall–Kier alpha value is -1.08. The van der Waals surface area contributed by atoms with E-state index in [1.165, 1.54) is 76.3 Å². The van der Waals surface area contributed by atoms with Crippen LogP contribution < -0.4 is 0 Å². The van der Waals surface area contributed by atoms with Crippen molar-refractivity contribution in [2.45, 2.75) is 77.6 Å². The lowest BCUT2D eigenvalue weighted by molar-refractivity contribution is -0.839. The fourth-order valence-corrected chi connectivity index (χ4v) is 3.17. The standard InChI is InChI=1S/C23H40N/c1-4-5-6-7-8-9-10-11-12-16-21-24(2,3)22-17-20-23-18-14-13-15-19-23/h13-15,17-19,22H,4-12,16,20-21H2,1-3H3/q+1. The first kappa shape index (κ1) is 21.0. The molecule has 0 atom stereocenters. The Morgan fingerprint density at radius 2 is 1.29 bits per heavy atom. The van der Waals surface area contributed by atoms with Crippen molar-refractivity contribution in [1.82, 2.24) is 0 Å². The minimum absolute atomic E-state index is 1.00. The predicted molar refractivity (Wildman–Crippen MR) is 108 cm³/mol. The van der Waals surface area contributed by atoms with Crippen LogP contribution >= 0.6 is 0 Å². The van der Waals surface area contributed by atoms with Gasteiger partial charge in [-0.1, -0.05) is 88.6 Å². The highest BCUT2D eigenvalue weighted by Gasteiger charge is 2.09. The van der Waals surface area contributed by atoms with Crippen molar-refractivity contribution in [3.05, 3.63) is 48.2 Å². The van der Waals surface area contributed by atoms with Crippen LogP contribution in [0.15, 0.2) is 42.6 Å². The van der Waals surface area contributed by atoms with E-state index < -0.39 is 0 Å². The summed E-state index contributed by atoms with van der Waals surface area (Å²) in [5.74, 6) is 0. The average Bonchev–Trinajstić information content (AvgIpc) is 2.57. The number of unbranched alkanes of at least 4 members (excludes halogenated alkanes) is 9. The lowest BCUT2D eigenvalue weighted by Gasteiger charge is -2.25. The number of hydrogen-bond donors (Lipinski definition) is 0. The zero-order chi connectivity index (χ0) is 17.5. The van der Waals surface area contributed by atoms with E-state index in [0.29, 0.717) is 0 Å². The van der Waals surface area contributed by atoms with Crippen LogP contribution in [-0.2, 0) is 6.42 Å². The normalized spacial score (nSPS) is 12.1. The maximum Gasteiger partial charge on any atom is 0.0917 e. The van der Waals surface area contributed by atoms with Gasteiger partial charge in [0.2, 0.25) is 0 Å². The van der Waals surface area contributed by atoms with Crippen LogP contribution in [0.25, 0.3) is 0 Å². The predicted octanol–water partition coefficient (Wildman–Crippen LogP) is 6.74. The van der Waals surface area contributed by atoms with Crippen LogP contribution in [0, 0.1) is 0 Å². The molecule has 0 bridgehead atoms. The van der Waals surface area contributed by atoms with Crippen molar-refractivity contribution in [3.63, 3.8) is 0 Å². The molecule has 1 rings (SSSR count). The molecule has 0 fully saturated rings. The van der Waals surface area contributed by atoms with Crippen molar-refractivity contribution in [1.29, 1.82) is 0 Å². The Bertz CT molecular complexity index is 419. The summed E-state index contributed by atoms with van der Waals surface area (Å²) in [4.78, 5) is 0. The summed E-state index contributed by atoms with van der Waals surface area (Å²) in [6.45, 7) is 3.54. The van der Waals surface area contributed by atoms with Gasteiger partial charge in [-0.2, -0.15) is 0 Å². The number of rotatable bonds is 14. The lowest BCUT2D eigenvalue weighted by atomic mass is 10.1. The van der Waals surface area contributed by atoms with Crippen LogP contribution in [0.5, 0.6) is 0 Å². The van der Waals surface area contributed by atoms with Gasteiger partial charge >= 0.3 is 0 Å². The third kappa shape index (κ3) is 11.5. The number of quaternary nitrogens is 1. The summed E-state index contributed by atoms with van der Waals surface area (Å²) in [5, 5.41) is 0. The van der Waals surface area contributed by atoms with Gasteiger partial charge in [0.25, 0.3) is 0 Å². The minimum atomic E-state index is 1.00. The first-order chi connectivity index (χ1) is 11.6. The Labute approximate surface area is 151 Å². The molecule has 1 heteroatoms. The van der Waals surface area contributed by atoms with Crippen LogP contribution in [-0.4, -0.2) is 25.1 Å². The van der Waals surface area contributed by atoms with E-state index in [0.717, 1.165) is 10.9 Å². The van der Waals surface area contributed by atoms with Gasteiger partial charge in [0.1, 0.15) is 0 Å². The van der Waals surface area contributed by atoms with Crippen molar-refractivity contribution in [2.24, 2.45) is 0 Å². The van der Waals surface area contributed by atoms with Gasteiger partial charge in [-0.25, -0.2) is 0 Å². The van der Waals surface area contributed by atoms with Gasteiger partial charge in [0.05, 0.1) is 26.8 Å². The average molecular weight is 331 g/mol. The molecule has 0 radical (unpaired) electrons. The third-order valence-electron chi connectivity index (χ3n) is 4.79. The fraction of sp³-hybridized carbons (Fsp3) is 0.652. The maximum absolute atomic E-state index is 2.36. The molecule has 0 aliphatic heterocycles. The Kier molecular flexibility index (Phi) is 11.6. The number of allylic oxidation sites excluding steroid dienone is 1. The van der Waals surface area contributed by atoms with E-state index >= 15 is 0 Å². The van der Waals surface area contributed by atoms with Gasteiger partial charge in [-0.15, -0.1) is 0 Å². The molecule has 0 aromatic heterocycles. The summed E-state index contributed by atoms with van der Waals surface area (Å²) in [7, 11) is 4.63. The largest absolute Gasteiger partial charge is 0.302 e. The van der Waals surface area contributed by atoms with E-state index in [4.69, 9.17) is 0 Å². The monoisotopic (exact) mass is 330 g/mol. The highest BCUT2D eigenvalue weighted by molar-refractivity contribution is 5.17. The fourth-order valence-electron chi connectivity index (χ4n) is 3.17. The van der Waals surface area contributed by atoms with Crippen molar-refractivity contribution < 1.29 is 4.48 Å². The summed E-state index contributed by atoms with van der Waals surface area (Å²) in [5.41, 5.74) is 1.40. The van der Waals surface area contributed by atoms with Crippen LogP contribution in [0.4, 0.5) is 0 Å². The highest BCUT2D eigenvalue weighted by Crippen LogP contribution is 2.12. The molecule has 1 aromatic carbocycles. The quantitative estimate of drug-likeness (QED) is 0.262. The van der Waals surface area contributed by atoms with E-state index in [9.17, 15) is 0 Å². The summed E-state index contributed by atoms with van der Waals surface area (Å²) in [6.07, 6.45) is 19.9. The number of nitrogens with zero attached hydrogens (tertiary/aromatic N) is 1. The van der Waals surface area contributed by atoms with Crippen molar-refractivity contribution in [2.75, 3.05) is 20.6 Å². The van der Waals surface area contributed by atoms with Gasteiger partial charge in [0.15, 0.2) is 0 Å². The molecular weight excluding hydrogens is 290 g/mol. The highest BCUT2D eigenvalue weighted by atomic mass is 15.3. The molecule has 0 saturated heterocycles. The molecule has 1 nitrogen and oxygen atoms in total. The molecule has 1 aromatic rings. The number of benzene rings is 1. The second-order valence-electron chi connectivity index (χ2n) is 7.76. The van der Waals surface area contributed by atoms with Crippen LogP contribution in [0.1, 0.15) is 76.7 Å². The zero-order valence-electron chi connectivity index (χ0n) is 16.5. The minimum Gasteiger partial charge on any atom is -0.302 e. The molecular formula is C23H40N+. The summed E-state index contributed by atoms with van der Waals surface area (Å²) < 4.78 is 1.00. The molecule has 0 heterocycles. The molecule has 0 spiro atoms. The van der Waals surface area contributed by atoms with Gasteiger partial charge in [-0.05, 0) is 30.9 Å². The zero-order valence-corrected chi connectivity index (χ0v) is 16.5. The van der Waals surface area contributed by atoms with Gasteiger partial charge in [-0.3, -0.25) is 0 Å². The molecule has 0 saturated carbocycles. The molecule has 0 amide bonds. The second-order valence-corrected chi connectivity index (χ2v) is 7.76. The molecule has 0 unspecified atom stereocenters. The Balaban J connectivity index is 2.02. The lowest BCUT2D eigenvalue weighted by Crippen LogP contribution is -2.34. The molecule has 0 aliphatic carbocycles. The Morgan fingerprint density at radius 1 is 0.750 bits per heavy atom. The van der Waals surface area contributed by atoms with Gasteiger partial charge in [0, 0.05) is 0 Å². The molecule has 0 N–H and O–H groups in total. The van der Waals surface area contributed by atoms with Crippen LogP contribution in [0.3, 0.4) is 0 Å². The summed E-state index contributed by atoms with van der Waals surface area (Å²) in [6, 6.07) is 10.7. The summed E-state index contributed by atoms with van der Waals surface area (Å²) >= 11 is 0.